The van der Waals surface area contributed by atoms with Crippen molar-refractivity contribution in [2.45, 2.75) is 26.8 Å². The molecule has 1 amide bonds. The minimum Gasteiger partial charge on any atom is -0.383 e. The molecule has 2 aliphatic rings. The number of amides is 1. The third-order valence-electron chi connectivity index (χ3n) is 5.35. The molecule has 5 nitrogen and oxygen atoms in total. The highest BCUT2D eigenvalue weighted by Gasteiger charge is 2.38. The molecular weight excluding hydrogens is 352 g/mol. The lowest BCUT2D eigenvalue weighted by molar-refractivity contribution is -0.117. The summed E-state index contributed by atoms with van der Waals surface area (Å²) in [6, 6.07) is 1.89. The highest BCUT2D eigenvalue weighted by Crippen LogP contribution is 2.37. The zero-order valence-electron chi connectivity index (χ0n) is 15.4. The van der Waals surface area contributed by atoms with Crippen LogP contribution in [-0.2, 0) is 16.1 Å². The number of nitrogens with zero attached hydrogens (tertiary/aromatic N) is 2. The number of anilines is 1. The molecule has 0 radical (unpaired) electrons. The summed E-state index contributed by atoms with van der Waals surface area (Å²) < 4.78 is 6.68. The van der Waals surface area contributed by atoms with Crippen LogP contribution in [0.4, 0.5) is 5.69 Å². The summed E-state index contributed by atoms with van der Waals surface area (Å²) in [5.74, 6) is 0.730. The zero-order valence-corrected chi connectivity index (χ0v) is 16.2. The molecule has 2 unspecified atom stereocenters. The first kappa shape index (κ1) is 18.9. The van der Waals surface area contributed by atoms with Crippen molar-refractivity contribution < 1.29 is 9.53 Å². The van der Waals surface area contributed by atoms with E-state index in [4.69, 9.17) is 16.3 Å². The first-order valence-electron chi connectivity index (χ1n) is 8.97. The standard InChI is InChI=1S/C20H25ClN2O3/c1-13-6-7-22(8-9-26-3)20(25)19(13)23-12-15(11-18(23)24)17-5-4-16(21)10-14(17)2/h4-7,10,14-15,17H,8-9,11-12H2,1-3H3/t14?,15-,17?/m0/s1. The normalized spacial score (nSPS) is 25.7. The molecule has 1 aliphatic carbocycles. The molecule has 140 valence electrons. The van der Waals surface area contributed by atoms with Crippen LogP contribution in [0.15, 0.2) is 40.3 Å². The van der Waals surface area contributed by atoms with Gasteiger partial charge in [-0.2, -0.15) is 0 Å². The fraction of sp³-hybridized carbons (Fsp3) is 0.500. The van der Waals surface area contributed by atoms with Crippen molar-refractivity contribution in [1.29, 1.82) is 0 Å². The molecule has 1 saturated heterocycles. The van der Waals surface area contributed by atoms with Crippen molar-refractivity contribution in [2.24, 2.45) is 17.8 Å². The zero-order chi connectivity index (χ0) is 18.8. The lowest BCUT2D eigenvalue weighted by Crippen LogP contribution is -2.35. The molecule has 0 spiro atoms. The van der Waals surface area contributed by atoms with Crippen LogP contribution in [0, 0.1) is 24.7 Å². The third-order valence-corrected chi connectivity index (χ3v) is 5.61. The average molecular weight is 377 g/mol. The van der Waals surface area contributed by atoms with E-state index < -0.39 is 0 Å². The van der Waals surface area contributed by atoms with Gasteiger partial charge in [-0.25, -0.2) is 0 Å². The van der Waals surface area contributed by atoms with E-state index in [1.54, 1.807) is 22.8 Å². The minimum absolute atomic E-state index is 0.0148. The summed E-state index contributed by atoms with van der Waals surface area (Å²) in [7, 11) is 1.61. The van der Waals surface area contributed by atoms with Crippen molar-refractivity contribution in [1.82, 2.24) is 4.57 Å². The minimum atomic E-state index is -0.133. The smallest absolute Gasteiger partial charge is 0.274 e. The van der Waals surface area contributed by atoms with Crippen LogP contribution in [0.25, 0.3) is 0 Å². The van der Waals surface area contributed by atoms with Gasteiger partial charge in [0.25, 0.3) is 5.56 Å². The van der Waals surface area contributed by atoms with Crippen LogP contribution in [0.1, 0.15) is 18.9 Å². The van der Waals surface area contributed by atoms with Gasteiger partial charge in [-0.15, -0.1) is 0 Å². The van der Waals surface area contributed by atoms with Gasteiger partial charge in [-0.1, -0.05) is 30.7 Å². The van der Waals surface area contributed by atoms with Gasteiger partial charge in [0.05, 0.1) is 6.61 Å². The Balaban J connectivity index is 1.86. The lowest BCUT2D eigenvalue weighted by atomic mass is 9.79. The number of hydrogen-bond donors (Lipinski definition) is 0. The second-order valence-corrected chi connectivity index (χ2v) is 7.59. The summed E-state index contributed by atoms with van der Waals surface area (Å²) in [4.78, 5) is 27.3. The number of hydrogen-bond acceptors (Lipinski definition) is 3. The van der Waals surface area contributed by atoms with Crippen LogP contribution in [0.2, 0.25) is 0 Å². The number of carbonyl (C=O) groups excluding carboxylic acids is 1. The molecule has 1 aliphatic heterocycles. The fourth-order valence-corrected chi connectivity index (χ4v) is 4.21. The quantitative estimate of drug-likeness (QED) is 0.793. The molecular formula is C20H25ClN2O3. The molecule has 2 heterocycles. The molecule has 26 heavy (non-hydrogen) atoms. The van der Waals surface area contributed by atoms with E-state index in [0.717, 1.165) is 10.6 Å². The van der Waals surface area contributed by atoms with Crippen LogP contribution >= 0.6 is 11.6 Å². The number of aryl methyl sites for hydroxylation is 1. The summed E-state index contributed by atoms with van der Waals surface area (Å²) in [5, 5.41) is 0.745. The van der Waals surface area contributed by atoms with Gasteiger partial charge in [0.2, 0.25) is 5.91 Å². The van der Waals surface area contributed by atoms with E-state index in [1.165, 1.54) is 0 Å². The Hall–Kier alpha value is -1.85. The molecule has 3 atom stereocenters. The molecule has 0 saturated carbocycles. The lowest BCUT2D eigenvalue weighted by Gasteiger charge is -2.27. The monoisotopic (exact) mass is 376 g/mol. The molecule has 0 aromatic carbocycles. The van der Waals surface area contributed by atoms with Gasteiger partial charge in [-0.3, -0.25) is 9.59 Å². The van der Waals surface area contributed by atoms with Crippen molar-refractivity contribution in [2.75, 3.05) is 25.2 Å². The maximum atomic E-state index is 12.9. The Kier molecular flexibility index (Phi) is 5.68. The SMILES string of the molecule is COCCn1ccc(C)c(N2C[C@@H](C3C=CC(Cl)=CC3C)CC2=O)c1=O. The summed E-state index contributed by atoms with van der Waals surface area (Å²) in [6.07, 6.45) is 8.26. The fourth-order valence-electron chi connectivity index (χ4n) is 3.94. The van der Waals surface area contributed by atoms with Gasteiger partial charge in [-0.05, 0) is 42.4 Å². The Bertz CT molecular complexity index is 812. The van der Waals surface area contributed by atoms with E-state index in [-0.39, 0.29) is 29.2 Å². The van der Waals surface area contributed by atoms with E-state index in [0.29, 0.717) is 31.8 Å². The Morgan fingerprint density at radius 1 is 1.35 bits per heavy atom. The molecule has 0 N–H and O–H groups in total. The number of aromatic nitrogens is 1. The second-order valence-electron chi connectivity index (χ2n) is 7.15. The van der Waals surface area contributed by atoms with Gasteiger partial charge in [0.15, 0.2) is 0 Å². The first-order chi connectivity index (χ1) is 12.4. The Morgan fingerprint density at radius 2 is 2.12 bits per heavy atom. The molecule has 6 heteroatoms. The van der Waals surface area contributed by atoms with Crippen molar-refractivity contribution >= 4 is 23.2 Å². The van der Waals surface area contributed by atoms with Crippen LogP contribution < -0.4 is 10.5 Å². The first-order valence-corrected chi connectivity index (χ1v) is 9.35. The molecule has 3 rings (SSSR count). The highest BCUT2D eigenvalue weighted by atomic mass is 35.5. The molecule has 0 bridgehead atoms. The van der Waals surface area contributed by atoms with Crippen molar-refractivity contribution in [3.05, 3.63) is 51.4 Å². The topological polar surface area (TPSA) is 51.5 Å². The maximum Gasteiger partial charge on any atom is 0.274 e. The van der Waals surface area contributed by atoms with E-state index >= 15 is 0 Å². The predicted octanol–water partition coefficient (Wildman–Crippen LogP) is 3.10. The molecule has 1 aromatic heterocycles. The number of allylic oxidation sites excluding steroid dienone is 4. The Morgan fingerprint density at radius 3 is 2.81 bits per heavy atom. The van der Waals surface area contributed by atoms with Gasteiger partial charge in [0, 0.05) is 37.8 Å². The number of carbonyl (C=O) groups is 1. The number of methoxy groups -OCH3 is 1. The van der Waals surface area contributed by atoms with E-state index in [2.05, 4.69) is 13.0 Å². The van der Waals surface area contributed by atoms with Gasteiger partial charge < -0.3 is 14.2 Å². The Labute approximate surface area is 158 Å². The number of ether oxygens (including phenoxy) is 1. The second kappa shape index (κ2) is 7.80. The average Bonchev–Trinajstić information content (AvgIpc) is 2.95. The van der Waals surface area contributed by atoms with Crippen LogP contribution in [0.3, 0.4) is 0 Å². The third kappa shape index (κ3) is 3.64. The molecule has 1 fully saturated rings. The molecule has 1 aromatic rings. The maximum absolute atomic E-state index is 12.9. The van der Waals surface area contributed by atoms with E-state index in [9.17, 15) is 9.59 Å². The van der Waals surface area contributed by atoms with Gasteiger partial charge in [0.1, 0.15) is 5.69 Å². The summed E-state index contributed by atoms with van der Waals surface area (Å²) >= 11 is 6.08. The summed E-state index contributed by atoms with van der Waals surface area (Å²) in [6.45, 7) is 5.49. The highest BCUT2D eigenvalue weighted by molar-refractivity contribution is 6.31. The van der Waals surface area contributed by atoms with Crippen LogP contribution in [-0.4, -0.2) is 30.7 Å². The van der Waals surface area contributed by atoms with Gasteiger partial charge >= 0.3 is 0 Å². The van der Waals surface area contributed by atoms with Crippen molar-refractivity contribution in [3.8, 4) is 0 Å². The summed E-state index contributed by atoms with van der Waals surface area (Å²) in [5.41, 5.74) is 1.19. The number of halogens is 1. The van der Waals surface area contributed by atoms with Crippen molar-refractivity contribution in [3.63, 3.8) is 0 Å². The largest absolute Gasteiger partial charge is 0.383 e. The predicted molar refractivity (Wildman–Crippen MR) is 104 cm³/mol. The number of pyridine rings is 1. The van der Waals surface area contributed by atoms with Crippen LogP contribution in [0.5, 0.6) is 0 Å². The van der Waals surface area contributed by atoms with E-state index in [1.807, 2.05) is 25.1 Å². The number of rotatable bonds is 5.